The Morgan fingerprint density at radius 3 is 2.66 bits per heavy atom. The van der Waals surface area contributed by atoms with Crippen molar-refractivity contribution in [2.24, 2.45) is 5.92 Å². The molecule has 1 aromatic carbocycles. The highest BCUT2D eigenvalue weighted by Gasteiger charge is 2.43. The van der Waals surface area contributed by atoms with Gasteiger partial charge in [-0.3, -0.25) is 14.2 Å². The van der Waals surface area contributed by atoms with E-state index in [1.54, 1.807) is 29.6 Å². The van der Waals surface area contributed by atoms with Crippen LogP contribution in [0.1, 0.15) is 30.5 Å². The number of hydrogen-bond acceptors (Lipinski definition) is 4. The van der Waals surface area contributed by atoms with E-state index in [1.807, 2.05) is 42.5 Å². The number of fused-ring (bicyclic) bond motifs is 4. The summed E-state index contributed by atoms with van der Waals surface area (Å²) < 4.78 is 7.58. The summed E-state index contributed by atoms with van der Waals surface area (Å²) in [5, 5.41) is 0. The largest absolute Gasteiger partial charge is 0.494 e. The van der Waals surface area contributed by atoms with Gasteiger partial charge >= 0.3 is 0 Å². The second kappa shape index (κ2) is 8.41. The Labute approximate surface area is 171 Å². The van der Waals surface area contributed by atoms with Crippen molar-refractivity contribution in [1.82, 2.24) is 14.4 Å². The van der Waals surface area contributed by atoms with E-state index in [9.17, 15) is 9.59 Å². The van der Waals surface area contributed by atoms with Gasteiger partial charge in [-0.2, -0.15) is 0 Å². The number of pyridine rings is 1. The highest BCUT2D eigenvalue weighted by Crippen LogP contribution is 2.41. The van der Waals surface area contributed by atoms with Crippen LogP contribution in [0.2, 0.25) is 0 Å². The van der Waals surface area contributed by atoms with Crippen LogP contribution in [0, 0.1) is 5.92 Å². The van der Waals surface area contributed by atoms with E-state index in [0.717, 1.165) is 43.9 Å². The number of amides is 1. The topological polar surface area (TPSA) is 54.8 Å². The molecule has 3 atom stereocenters. The molecule has 6 heteroatoms. The average Bonchev–Trinajstić information content (AvgIpc) is 2.72. The third-order valence-electron chi connectivity index (χ3n) is 6.05. The quantitative estimate of drug-likeness (QED) is 0.705. The van der Waals surface area contributed by atoms with E-state index in [4.69, 9.17) is 4.74 Å². The van der Waals surface area contributed by atoms with Gasteiger partial charge in [0.15, 0.2) is 0 Å². The molecule has 3 heterocycles. The van der Waals surface area contributed by atoms with E-state index in [-0.39, 0.29) is 17.4 Å². The second-order valence-electron chi connectivity index (χ2n) is 8.30. The Hall–Kier alpha value is -2.60. The zero-order valence-electron chi connectivity index (χ0n) is 17.2. The van der Waals surface area contributed by atoms with Crippen molar-refractivity contribution in [3.8, 4) is 5.75 Å². The van der Waals surface area contributed by atoms with E-state index in [2.05, 4.69) is 4.90 Å². The van der Waals surface area contributed by atoms with Crippen LogP contribution in [0.3, 0.4) is 0 Å². The lowest BCUT2D eigenvalue weighted by Gasteiger charge is -2.46. The maximum Gasteiger partial charge on any atom is 0.251 e. The first-order valence-corrected chi connectivity index (χ1v) is 10.4. The number of para-hydroxylation sites is 1. The SMILES string of the molecule is CN(C)C(=O)[C@H]1[C@H]2C[C@H](CN(CCCOc3ccccc3)C2)c2cccc(=O)n21. The molecular weight excluding hydrogens is 366 g/mol. The highest BCUT2D eigenvalue weighted by molar-refractivity contribution is 5.80. The van der Waals surface area contributed by atoms with E-state index >= 15 is 0 Å². The first-order valence-electron chi connectivity index (χ1n) is 10.4. The Morgan fingerprint density at radius 1 is 1.10 bits per heavy atom. The normalized spacial score (nSPS) is 23.3. The number of rotatable bonds is 6. The predicted molar refractivity (Wildman–Crippen MR) is 112 cm³/mol. The molecular formula is C23H29N3O3. The molecule has 0 unspecified atom stereocenters. The zero-order valence-corrected chi connectivity index (χ0v) is 17.2. The summed E-state index contributed by atoms with van der Waals surface area (Å²) in [6, 6.07) is 14.9. The Balaban J connectivity index is 1.46. The van der Waals surface area contributed by atoms with Crippen LogP contribution in [0.4, 0.5) is 0 Å². The maximum atomic E-state index is 13.0. The summed E-state index contributed by atoms with van der Waals surface area (Å²) in [4.78, 5) is 29.6. The molecule has 0 N–H and O–H groups in total. The van der Waals surface area contributed by atoms with Gasteiger partial charge in [0.2, 0.25) is 5.91 Å². The number of ether oxygens (including phenoxy) is 1. The lowest BCUT2D eigenvalue weighted by Crippen LogP contribution is -2.53. The van der Waals surface area contributed by atoms with Gasteiger partial charge in [0, 0.05) is 57.3 Å². The smallest absolute Gasteiger partial charge is 0.251 e. The minimum absolute atomic E-state index is 0.0114. The average molecular weight is 396 g/mol. The van der Waals surface area contributed by atoms with Gasteiger partial charge in [-0.05, 0) is 31.0 Å². The molecule has 1 fully saturated rings. The number of benzene rings is 1. The number of likely N-dealkylation sites (tertiary alicyclic amines) is 1. The third kappa shape index (κ3) is 4.08. The number of likely N-dealkylation sites (N-methyl/N-ethyl adjacent to an activating group) is 1. The van der Waals surface area contributed by atoms with Crippen LogP contribution in [-0.2, 0) is 4.79 Å². The minimum atomic E-state index is -0.409. The molecule has 2 aliphatic heterocycles. The van der Waals surface area contributed by atoms with Crippen LogP contribution in [-0.4, -0.2) is 60.6 Å². The summed E-state index contributed by atoms with van der Waals surface area (Å²) in [6.07, 6.45) is 1.90. The fraction of sp³-hybridized carbons (Fsp3) is 0.478. The molecule has 0 aliphatic carbocycles. The number of nitrogens with zero attached hydrogens (tertiary/aromatic N) is 3. The molecule has 0 spiro atoms. The number of hydrogen-bond donors (Lipinski definition) is 0. The molecule has 2 aliphatic rings. The summed E-state index contributed by atoms with van der Waals surface area (Å²) in [5.74, 6) is 1.36. The molecule has 4 rings (SSSR count). The monoisotopic (exact) mass is 395 g/mol. The van der Waals surface area contributed by atoms with Gasteiger partial charge < -0.3 is 14.5 Å². The van der Waals surface area contributed by atoms with Gasteiger partial charge in [0.1, 0.15) is 11.8 Å². The molecule has 6 nitrogen and oxygen atoms in total. The van der Waals surface area contributed by atoms with Crippen molar-refractivity contribution in [2.75, 3.05) is 40.3 Å². The first kappa shape index (κ1) is 19.7. The number of carbonyl (C=O) groups is 1. The standard InChI is InChI=1S/C23H29N3O3/c1-24(2)23(28)22-18-14-17(20-10-6-11-21(27)26(20)22)15-25(16-18)12-7-13-29-19-8-4-3-5-9-19/h3-6,8-11,17-18,22H,7,12-16H2,1-2H3/t17-,18+,22-/m1/s1. The van der Waals surface area contributed by atoms with Crippen LogP contribution in [0.25, 0.3) is 0 Å². The molecule has 2 aromatic rings. The molecule has 1 amide bonds. The summed E-state index contributed by atoms with van der Waals surface area (Å²) in [6.45, 7) is 3.37. The fourth-order valence-corrected chi connectivity index (χ4v) is 4.79. The van der Waals surface area contributed by atoms with Gasteiger partial charge in [0.25, 0.3) is 5.56 Å². The lowest BCUT2D eigenvalue weighted by molar-refractivity contribution is -0.135. The lowest BCUT2D eigenvalue weighted by atomic mass is 9.78. The van der Waals surface area contributed by atoms with E-state index < -0.39 is 6.04 Å². The third-order valence-corrected chi connectivity index (χ3v) is 6.05. The van der Waals surface area contributed by atoms with Crippen LogP contribution in [0.15, 0.2) is 53.3 Å². The van der Waals surface area contributed by atoms with Crippen LogP contribution < -0.4 is 10.3 Å². The summed E-state index contributed by atoms with van der Waals surface area (Å²) in [7, 11) is 3.53. The van der Waals surface area contributed by atoms with Gasteiger partial charge in [-0.1, -0.05) is 24.3 Å². The Kier molecular flexibility index (Phi) is 5.72. The van der Waals surface area contributed by atoms with Crippen molar-refractivity contribution < 1.29 is 9.53 Å². The molecule has 29 heavy (non-hydrogen) atoms. The predicted octanol–water partition coefficient (Wildman–Crippen LogP) is 2.37. The number of piperidine rings is 1. The minimum Gasteiger partial charge on any atom is -0.494 e. The maximum absolute atomic E-state index is 13.0. The zero-order chi connectivity index (χ0) is 20.4. The van der Waals surface area contributed by atoms with Gasteiger partial charge in [-0.25, -0.2) is 0 Å². The van der Waals surface area contributed by atoms with Gasteiger partial charge in [-0.15, -0.1) is 0 Å². The first-order chi connectivity index (χ1) is 14.0. The number of carbonyl (C=O) groups excluding carboxylic acids is 1. The van der Waals surface area contributed by atoms with Gasteiger partial charge in [0.05, 0.1) is 6.61 Å². The summed E-state index contributed by atoms with van der Waals surface area (Å²) in [5.41, 5.74) is 0.932. The Bertz CT molecular complexity index is 909. The molecule has 154 valence electrons. The molecule has 1 aromatic heterocycles. The Morgan fingerprint density at radius 2 is 1.90 bits per heavy atom. The van der Waals surface area contributed by atoms with E-state index in [0.29, 0.717) is 12.5 Å². The van der Waals surface area contributed by atoms with Crippen molar-refractivity contribution >= 4 is 5.91 Å². The van der Waals surface area contributed by atoms with Crippen molar-refractivity contribution in [2.45, 2.75) is 24.8 Å². The van der Waals surface area contributed by atoms with E-state index in [1.165, 1.54) is 0 Å². The summed E-state index contributed by atoms with van der Waals surface area (Å²) >= 11 is 0. The molecule has 0 radical (unpaired) electrons. The second-order valence-corrected chi connectivity index (χ2v) is 8.30. The van der Waals surface area contributed by atoms with Crippen molar-refractivity contribution in [3.63, 3.8) is 0 Å². The van der Waals surface area contributed by atoms with Crippen molar-refractivity contribution in [1.29, 1.82) is 0 Å². The van der Waals surface area contributed by atoms with Crippen LogP contribution in [0.5, 0.6) is 5.75 Å². The fourth-order valence-electron chi connectivity index (χ4n) is 4.79. The molecule has 2 bridgehead atoms. The number of aromatic nitrogens is 1. The molecule has 0 saturated carbocycles. The van der Waals surface area contributed by atoms with Crippen LogP contribution >= 0.6 is 0 Å². The van der Waals surface area contributed by atoms with Crippen molar-refractivity contribution in [3.05, 3.63) is 64.6 Å². The molecule has 1 saturated heterocycles. The highest BCUT2D eigenvalue weighted by atomic mass is 16.5.